The van der Waals surface area contributed by atoms with Crippen LogP contribution in [0.25, 0.3) is 11.0 Å². The first-order valence-electron chi connectivity index (χ1n) is 9.99. The zero-order valence-corrected chi connectivity index (χ0v) is 17.6. The zero-order valence-electron chi connectivity index (χ0n) is 17.6. The molecule has 2 aromatic carbocycles. The number of nitrogens with zero attached hydrogens (tertiary/aromatic N) is 4. The number of hydrogen-bond donors (Lipinski definition) is 1. The third kappa shape index (κ3) is 4.04. The number of methoxy groups -OCH3 is 2. The number of anilines is 1. The van der Waals surface area contributed by atoms with Crippen molar-refractivity contribution in [1.29, 1.82) is 0 Å². The van der Waals surface area contributed by atoms with E-state index in [1.807, 2.05) is 23.1 Å². The number of ether oxygens (including phenoxy) is 2. The Labute approximate surface area is 176 Å². The summed E-state index contributed by atoms with van der Waals surface area (Å²) in [6.45, 7) is 3.70. The summed E-state index contributed by atoms with van der Waals surface area (Å²) in [6, 6.07) is 13.4. The minimum absolute atomic E-state index is 0.124. The number of hydrogen-bond acceptors (Lipinski definition) is 5. The number of carbonyl (C=O) groups is 1. The Kier molecular flexibility index (Phi) is 5.76. The molecule has 2 heterocycles. The van der Waals surface area contributed by atoms with Crippen molar-refractivity contribution in [1.82, 2.24) is 19.4 Å². The number of amides is 2. The normalized spacial score (nSPS) is 14.7. The number of benzene rings is 2. The van der Waals surface area contributed by atoms with Crippen molar-refractivity contribution in [2.24, 2.45) is 7.05 Å². The quantitative estimate of drug-likeness (QED) is 0.702. The van der Waals surface area contributed by atoms with Crippen LogP contribution in [0.5, 0.6) is 11.5 Å². The highest BCUT2D eigenvalue weighted by Gasteiger charge is 2.23. The van der Waals surface area contributed by atoms with Crippen LogP contribution < -0.4 is 14.8 Å². The fourth-order valence-corrected chi connectivity index (χ4v) is 3.74. The Morgan fingerprint density at radius 1 is 1.07 bits per heavy atom. The first-order valence-corrected chi connectivity index (χ1v) is 9.99. The number of piperazine rings is 1. The highest BCUT2D eigenvalue weighted by Crippen LogP contribution is 2.29. The first kappa shape index (κ1) is 20.0. The molecule has 158 valence electrons. The van der Waals surface area contributed by atoms with Gasteiger partial charge in [-0.3, -0.25) is 4.90 Å². The molecule has 1 aliphatic heterocycles. The van der Waals surface area contributed by atoms with E-state index >= 15 is 0 Å². The van der Waals surface area contributed by atoms with Crippen LogP contribution in [0.2, 0.25) is 0 Å². The van der Waals surface area contributed by atoms with Crippen molar-refractivity contribution >= 4 is 22.8 Å². The summed E-state index contributed by atoms with van der Waals surface area (Å²) in [7, 11) is 5.22. The van der Waals surface area contributed by atoms with E-state index in [0.717, 1.165) is 36.5 Å². The molecular formula is C22H27N5O3. The second-order valence-electron chi connectivity index (χ2n) is 7.34. The van der Waals surface area contributed by atoms with E-state index in [4.69, 9.17) is 14.5 Å². The molecule has 4 rings (SSSR count). The number of aromatic nitrogens is 2. The summed E-state index contributed by atoms with van der Waals surface area (Å²) in [6.07, 6.45) is 0. The van der Waals surface area contributed by atoms with Gasteiger partial charge in [-0.05, 0) is 24.3 Å². The lowest BCUT2D eigenvalue weighted by molar-refractivity contribution is 0.140. The van der Waals surface area contributed by atoms with Crippen LogP contribution in [0.1, 0.15) is 5.82 Å². The van der Waals surface area contributed by atoms with Crippen LogP contribution in [-0.4, -0.2) is 65.8 Å². The molecule has 1 N–H and O–H groups in total. The van der Waals surface area contributed by atoms with E-state index in [2.05, 4.69) is 27.9 Å². The Hall–Kier alpha value is -3.26. The van der Waals surface area contributed by atoms with E-state index in [0.29, 0.717) is 30.3 Å². The van der Waals surface area contributed by atoms with Crippen molar-refractivity contribution in [3.05, 3.63) is 48.3 Å². The Bertz CT molecular complexity index is 1040. The number of para-hydroxylation sites is 2. The average Bonchev–Trinajstić information content (AvgIpc) is 3.10. The molecule has 30 heavy (non-hydrogen) atoms. The van der Waals surface area contributed by atoms with Crippen LogP contribution >= 0.6 is 0 Å². The van der Waals surface area contributed by atoms with E-state index in [1.165, 1.54) is 0 Å². The Balaban J connectivity index is 1.35. The number of carbonyl (C=O) groups excluding carboxylic acids is 1. The van der Waals surface area contributed by atoms with Gasteiger partial charge in [-0.15, -0.1) is 0 Å². The summed E-state index contributed by atoms with van der Waals surface area (Å²) >= 11 is 0. The molecule has 1 aliphatic rings. The Morgan fingerprint density at radius 3 is 2.53 bits per heavy atom. The summed E-state index contributed by atoms with van der Waals surface area (Å²) in [5.41, 5.74) is 2.78. The molecule has 0 atom stereocenters. The standard InChI is InChI=1S/C22H27N5O3/c1-25-19-7-5-4-6-17(19)23-21(25)15-26-10-12-27(13-11-26)22(28)24-18-9-8-16(29-2)14-20(18)30-3/h4-9,14H,10-13,15H2,1-3H3,(H,24,28). The molecule has 0 saturated carbocycles. The summed E-state index contributed by atoms with van der Waals surface area (Å²) < 4.78 is 12.7. The molecule has 8 heteroatoms. The van der Waals surface area contributed by atoms with Crippen molar-refractivity contribution < 1.29 is 14.3 Å². The maximum atomic E-state index is 12.7. The molecule has 2 amide bonds. The van der Waals surface area contributed by atoms with Crippen molar-refractivity contribution in [2.75, 3.05) is 45.7 Å². The molecule has 8 nitrogen and oxygen atoms in total. The van der Waals surface area contributed by atoms with E-state index in [-0.39, 0.29) is 6.03 Å². The first-order chi connectivity index (χ1) is 14.6. The van der Waals surface area contributed by atoms with Gasteiger partial charge in [0, 0.05) is 39.3 Å². The van der Waals surface area contributed by atoms with Crippen molar-refractivity contribution in [3.63, 3.8) is 0 Å². The smallest absolute Gasteiger partial charge is 0.322 e. The van der Waals surface area contributed by atoms with Crippen LogP contribution in [0, 0.1) is 0 Å². The molecule has 0 bridgehead atoms. The molecular weight excluding hydrogens is 382 g/mol. The second-order valence-corrected chi connectivity index (χ2v) is 7.34. The van der Waals surface area contributed by atoms with Gasteiger partial charge in [-0.2, -0.15) is 0 Å². The van der Waals surface area contributed by atoms with Crippen molar-refractivity contribution in [2.45, 2.75) is 6.54 Å². The number of aryl methyl sites for hydroxylation is 1. The molecule has 1 saturated heterocycles. The number of fused-ring (bicyclic) bond motifs is 1. The minimum Gasteiger partial charge on any atom is -0.497 e. The lowest BCUT2D eigenvalue weighted by atomic mass is 10.2. The molecule has 0 unspecified atom stereocenters. The average molecular weight is 409 g/mol. The number of rotatable bonds is 5. The summed E-state index contributed by atoms with van der Waals surface area (Å²) in [5, 5.41) is 2.95. The third-order valence-electron chi connectivity index (χ3n) is 5.55. The van der Waals surface area contributed by atoms with Gasteiger partial charge in [0.15, 0.2) is 0 Å². The zero-order chi connectivity index (χ0) is 21.1. The van der Waals surface area contributed by atoms with Crippen LogP contribution in [0.3, 0.4) is 0 Å². The van der Waals surface area contributed by atoms with Crippen LogP contribution in [0.15, 0.2) is 42.5 Å². The molecule has 1 fully saturated rings. The van der Waals surface area contributed by atoms with Crippen LogP contribution in [-0.2, 0) is 13.6 Å². The SMILES string of the molecule is COc1ccc(NC(=O)N2CCN(Cc3nc4ccccc4n3C)CC2)c(OC)c1. The van der Waals surface area contributed by atoms with Gasteiger partial charge in [-0.1, -0.05) is 12.1 Å². The molecule has 3 aromatic rings. The molecule has 1 aromatic heterocycles. The van der Waals surface area contributed by atoms with E-state index in [1.54, 1.807) is 32.4 Å². The van der Waals surface area contributed by atoms with Crippen LogP contribution in [0.4, 0.5) is 10.5 Å². The second kappa shape index (κ2) is 8.62. The van der Waals surface area contributed by atoms with Gasteiger partial charge in [0.25, 0.3) is 0 Å². The van der Waals surface area contributed by atoms with Gasteiger partial charge in [-0.25, -0.2) is 9.78 Å². The van der Waals surface area contributed by atoms with Gasteiger partial charge in [0.1, 0.15) is 17.3 Å². The number of nitrogens with one attached hydrogen (secondary N) is 1. The third-order valence-corrected chi connectivity index (χ3v) is 5.55. The fourth-order valence-electron chi connectivity index (χ4n) is 3.74. The molecule has 0 aliphatic carbocycles. The monoisotopic (exact) mass is 409 g/mol. The summed E-state index contributed by atoms with van der Waals surface area (Å²) in [5.74, 6) is 2.29. The van der Waals surface area contributed by atoms with Crippen molar-refractivity contribution in [3.8, 4) is 11.5 Å². The summed E-state index contributed by atoms with van der Waals surface area (Å²) in [4.78, 5) is 21.6. The van der Waals surface area contributed by atoms with Gasteiger partial charge in [0.05, 0.1) is 37.5 Å². The van der Waals surface area contributed by atoms with Gasteiger partial charge >= 0.3 is 6.03 Å². The lowest BCUT2D eigenvalue weighted by Gasteiger charge is -2.34. The predicted molar refractivity (Wildman–Crippen MR) is 116 cm³/mol. The fraction of sp³-hybridized carbons (Fsp3) is 0.364. The number of imidazole rings is 1. The maximum absolute atomic E-state index is 12.7. The topological polar surface area (TPSA) is 71.9 Å². The highest BCUT2D eigenvalue weighted by molar-refractivity contribution is 5.91. The van der Waals surface area contributed by atoms with E-state index < -0.39 is 0 Å². The predicted octanol–water partition coefficient (Wildman–Crippen LogP) is 2.94. The molecule has 0 spiro atoms. The minimum atomic E-state index is -0.124. The highest BCUT2D eigenvalue weighted by atomic mass is 16.5. The molecule has 0 radical (unpaired) electrons. The van der Waals surface area contributed by atoms with Gasteiger partial charge in [0.2, 0.25) is 0 Å². The lowest BCUT2D eigenvalue weighted by Crippen LogP contribution is -2.49. The Morgan fingerprint density at radius 2 is 1.83 bits per heavy atom. The van der Waals surface area contributed by atoms with Gasteiger partial charge < -0.3 is 24.3 Å². The maximum Gasteiger partial charge on any atom is 0.322 e. The largest absolute Gasteiger partial charge is 0.497 e. The number of urea groups is 1. The van der Waals surface area contributed by atoms with E-state index in [9.17, 15) is 4.79 Å².